The molecule has 0 spiro atoms. The van der Waals surface area contributed by atoms with Gasteiger partial charge >= 0.3 is 0 Å². The van der Waals surface area contributed by atoms with E-state index in [9.17, 15) is 20.5 Å². The van der Waals surface area contributed by atoms with Crippen molar-refractivity contribution >= 4 is 16.7 Å². The van der Waals surface area contributed by atoms with Crippen molar-refractivity contribution in [3.8, 4) is 17.2 Å². The summed E-state index contributed by atoms with van der Waals surface area (Å²) < 4.78 is 7.94. The first-order chi connectivity index (χ1) is 16.4. The van der Waals surface area contributed by atoms with Gasteiger partial charge in [0.1, 0.15) is 11.3 Å². The van der Waals surface area contributed by atoms with Crippen molar-refractivity contribution in [3.63, 3.8) is 0 Å². The normalized spacial score (nSPS) is 12.9. The highest BCUT2D eigenvalue weighted by molar-refractivity contribution is 5.95. The second kappa shape index (κ2) is 7.99. The van der Waals surface area contributed by atoms with Crippen LogP contribution in [0.3, 0.4) is 0 Å². The third-order valence-electron chi connectivity index (χ3n) is 5.87. The number of furan rings is 1. The molecule has 166 valence electrons. The van der Waals surface area contributed by atoms with Gasteiger partial charge in [0.25, 0.3) is 5.69 Å². The lowest BCUT2D eigenvalue weighted by Crippen LogP contribution is -2.30. The molecule has 0 radical (unpaired) electrons. The minimum atomic E-state index is -1.76. The zero-order valence-corrected chi connectivity index (χ0v) is 18.0. The SMILES string of the molecule is Cn1cncc1C(O)(c1ccc(C#N)cc1)c1cc2cc([N+](=O)[O-])cc(-c3ccccc3)c2o1. The van der Waals surface area contributed by atoms with Crippen LogP contribution in [0, 0.1) is 21.4 Å². The Morgan fingerprint density at radius 3 is 2.47 bits per heavy atom. The van der Waals surface area contributed by atoms with E-state index in [1.165, 1.54) is 18.3 Å². The Morgan fingerprint density at radius 2 is 1.85 bits per heavy atom. The first-order valence-electron chi connectivity index (χ1n) is 10.4. The fourth-order valence-corrected chi connectivity index (χ4v) is 4.16. The summed E-state index contributed by atoms with van der Waals surface area (Å²) in [7, 11) is 1.75. The van der Waals surface area contributed by atoms with E-state index in [4.69, 9.17) is 4.42 Å². The molecule has 2 aromatic heterocycles. The minimum absolute atomic E-state index is 0.0823. The van der Waals surface area contributed by atoms with E-state index in [1.54, 1.807) is 48.3 Å². The lowest BCUT2D eigenvalue weighted by Gasteiger charge is -2.27. The summed E-state index contributed by atoms with van der Waals surface area (Å²) in [6.45, 7) is 0. The molecule has 0 amide bonds. The van der Waals surface area contributed by atoms with Crippen LogP contribution in [0.1, 0.15) is 22.6 Å². The largest absolute Gasteiger partial charge is 0.456 e. The second-order valence-electron chi connectivity index (χ2n) is 7.93. The number of benzene rings is 3. The Bertz CT molecular complexity index is 1560. The summed E-state index contributed by atoms with van der Waals surface area (Å²) >= 11 is 0. The number of aliphatic hydroxyl groups is 1. The third kappa shape index (κ3) is 3.32. The molecule has 1 unspecified atom stereocenters. The van der Waals surface area contributed by atoms with Gasteiger partial charge in [-0.05, 0) is 29.3 Å². The molecular weight excluding hydrogens is 432 g/mol. The lowest BCUT2D eigenvalue weighted by atomic mass is 9.87. The number of imidazole rings is 1. The molecule has 3 aromatic carbocycles. The zero-order chi connectivity index (χ0) is 23.9. The van der Waals surface area contributed by atoms with E-state index < -0.39 is 10.5 Å². The number of fused-ring (bicyclic) bond motifs is 1. The number of nitro groups is 1. The smallest absolute Gasteiger partial charge is 0.270 e. The zero-order valence-electron chi connectivity index (χ0n) is 18.0. The molecule has 8 heteroatoms. The Kier molecular flexibility index (Phi) is 4.97. The third-order valence-corrected chi connectivity index (χ3v) is 5.87. The molecule has 0 fully saturated rings. The number of aryl methyl sites for hydroxylation is 1. The summed E-state index contributed by atoms with van der Waals surface area (Å²) in [5, 5.41) is 33.4. The molecule has 0 saturated heterocycles. The number of aromatic nitrogens is 2. The van der Waals surface area contributed by atoms with Crippen molar-refractivity contribution < 1.29 is 14.4 Å². The van der Waals surface area contributed by atoms with Gasteiger partial charge in [-0.3, -0.25) is 10.1 Å². The highest BCUT2D eigenvalue weighted by Gasteiger charge is 2.40. The maximum absolute atomic E-state index is 12.1. The van der Waals surface area contributed by atoms with E-state index in [2.05, 4.69) is 11.1 Å². The molecule has 5 rings (SSSR count). The van der Waals surface area contributed by atoms with Crippen LogP contribution in [-0.4, -0.2) is 19.6 Å². The highest BCUT2D eigenvalue weighted by atomic mass is 16.6. The number of nitriles is 1. The molecule has 8 nitrogen and oxygen atoms in total. The molecule has 2 heterocycles. The van der Waals surface area contributed by atoms with Crippen molar-refractivity contribution in [3.05, 3.63) is 118 Å². The second-order valence-corrected chi connectivity index (χ2v) is 7.93. The van der Waals surface area contributed by atoms with Crippen LogP contribution in [0.4, 0.5) is 5.69 Å². The molecule has 0 aliphatic heterocycles. The summed E-state index contributed by atoms with van der Waals surface area (Å²) in [5.74, 6) is 0.175. The molecule has 0 aliphatic carbocycles. The van der Waals surface area contributed by atoms with E-state index in [-0.39, 0.29) is 11.4 Å². The van der Waals surface area contributed by atoms with Crippen LogP contribution < -0.4 is 0 Å². The van der Waals surface area contributed by atoms with E-state index in [1.807, 2.05) is 30.3 Å². The van der Waals surface area contributed by atoms with Gasteiger partial charge in [-0.25, -0.2) is 4.98 Å². The molecule has 1 atom stereocenters. The van der Waals surface area contributed by atoms with Gasteiger partial charge < -0.3 is 14.1 Å². The first kappa shape index (κ1) is 21.1. The standard InChI is InChI=1S/C26H18N4O4/c1-29-16-28-15-23(29)26(31,20-9-7-17(14-27)8-10-20)24-12-19-11-21(30(32)33)13-22(25(19)34-24)18-5-3-2-4-6-18/h2-13,15-16,31H,1H3. The maximum Gasteiger partial charge on any atom is 0.270 e. The van der Waals surface area contributed by atoms with Gasteiger partial charge in [0, 0.05) is 30.1 Å². The quantitative estimate of drug-likeness (QED) is 0.301. The van der Waals surface area contributed by atoms with E-state index >= 15 is 0 Å². The molecule has 0 saturated carbocycles. The lowest BCUT2D eigenvalue weighted by molar-refractivity contribution is -0.384. The van der Waals surface area contributed by atoms with Gasteiger partial charge in [-0.15, -0.1) is 0 Å². The van der Waals surface area contributed by atoms with Crippen molar-refractivity contribution in [1.82, 2.24) is 9.55 Å². The summed E-state index contributed by atoms with van der Waals surface area (Å²) in [4.78, 5) is 15.3. The summed E-state index contributed by atoms with van der Waals surface area (Å²) in [5.41, 5.74) is 1.21. The minimum Gasteiger partial charge on any atom is -0.456 e. The number of hydrogen-bond donors (Lipinski definition) is 1. The molecular formula is C26H18N4O4. The molecule has 5 aromatic rings. The van der Waals surface area contributed by atoms with Crippen LogP contribution in [0.2, 0.25) is 0 Å². The van der Waals surface area contributed by atoms with Crippen molar-refractivity contribution in [1.29, 1.82) is 5.26 Å². The van der Waals surface area contributed by atoms with E-state index in [0.717, 1.165) is 5.56 Å². The van der Waals surface area contributed by atoms with Gasteiger partial charge in [-0.1, -0.05) is 42.5 Å². The maximum atomic E-state index is 12.1. The number of nitrogens with zero attached hydrogens (tertiary/aromatic N) is 4. The molecule has 0 aliphatic rings. The predicted molar refractivity (Wildman–Crippen MR) is 125 cm³/mol. The van der Waals surface area contributed by atoms with Crippen LogP contribution in [0.25, 0.3) is 22.1 Å². The van der Waals surface area contributed by atoms with Crippen molar-refractivity contribution in [2.75, 3.05) is 0 Å². The number of hydrogen-bond acceptors (Lipinski definition) is 6. The monoisotopic (exact) mass is 450 g/mol. The fourth-order valence-electron chi connectivity index (χ4n) is 4.16. The van der Waals surface area contributed by atoms with Crippen molar-refractivity contribution in [2.45, 2.75) is 5.60 Å². The van der Waals surface area contributed by atoms with Gasteiger partial charge in [0.05, 0.1) is 34.8 Å². The highest BCUT2D eigenvalue weighted by Crippen LogP contribution is 2.42. The topological polar surface area (TPSA) is 118 Å². The van der Waals surface area contributed by atoms with E-state index in [0.29, 0.717) is 33.4 Å². The first-order valence-corrected chi connectivity index (χ1v) is 10.4. The molecule has 0 bridgehead atoms. The van der Waals surface area contributed by atoms with Crippen LogP contribution in [0.15, 0.2) is 89.7 Å². The Labute approximate surface area is 194 Å². The predicted octanol–water partition coefficient (Wildman–Crippen LogP) is 4.90. The van der Waals surface area contributed by atoms with Crippen LogP contribution in [-0.2, 0) is 12.6 Å². The summed E-state index contributed by atoms with van der Waals surface area (Å²) in [6, 6.07) is 22.3. The Balaban J connectivity index is 1.80. The average molecular weight is 450 g/mol. The Morgan fingerprint density at radius 1 is 1.12 bits per heavy atom. The van der Waals surface area contributed by atoms with Crippen LogP contribution in [0.5, 0.6) is 0 Å². The van der Waals surface area contributed by atoms with Gasteiger partial charge in [0.2, 0.25) is 0 Å². The summed E-state index contributed by atoms with van der Waals surface area (Å²) in [6.07, 6.45) is 3.10. The number of rotatable bonds is 5. The van der Waals surface area contributed by atoms with Gasteiger partial charge in [-0.2, -0.15) is 5.26 Å². The molecule has 1 N–H and O–H groups in total. The fraction of sp³-hybridized carbons (Fsp3) is 0.0769. The Hall–Kier alpha value is -4.74. The van der Waals surface area contributed by atoms with Gasteiger partial charge in [0.15, 0.2) is 5.60 Å². The average Bonchev–Trinajstić information content (AvgIpc) is 3.50. The number of nitro benzene ring substituents is 1. The van der Waals surface area contributed by atoms with Crippen LogP contribution >= 0.6 is 0 Å². The molecule has 34 heavy (non-hydrogen) atoms. The van der Waals surface area contributed by atoms with Crippen molar-refractivity contribution in [2.24, 2.45) is 7.05 Å². The number of non-ortho nitro benzene ring substituents is 1.